The SMILES string of the molecule is COC(=O)[C@H]1[C@H](OC)CCN1C(=O)OC(C)(C)C. The van der Waals surface area contributed by atoms with E-state index in [1.807, 2.05) is 0 Å². The number of hydrogen-bond acceptors (Lipinski definition) is 5. The maximum absolute atomic E-state index is 12.0. The standard InChI is InChI=1S/C12H21NO5/c1-12(2,3)18-11(15)13-7-6-8(16-4)9(13)10(14)17-5/h8-9H,6-7H2,1-5H3/t8-,9-/m1/s1. The number of nitrogens with zero attached hydrogens (tertiary/aromatic N) is 1. The summed E-state index contributed by atoms with van der Waals surface area (Å²) >= 11 is 0. The molecular formula is C12H21NO5. The van der Waals surface area contributed by atoms with Gasteiger partial charge in [0.15, 0.2) is 6.04 Å². The molecule has 1 heterocycles. The van der Waals surface area contributed by atoms with Crippen molar-refractivity contribution >= 4 is 12.1 Å². The lowest BCUT2D eigenvalue weighted by atomic mass is 10.1. The largest absolute Gasteiger partial charge is 0.467 e. The third kappa shape index (κ3) is 3.35. The molecule has 1 fully saturated rings. The van der Waals surface area contributed by atoms with Gasteiger partial charge in [-0.25, -0.2) is 9.59 Å². The highest BCUT2D eigenvalue weighted by Gasteiger charge is 2.44. The number of esters is 1. The summed E-state index contributed by atoms with van der Waals surface area (Å²) in [7, 11) is 2.81. The van der Waals surface area contributed by atoms with Crippen LogP contribution in [0.2, 0.25) is 0 Å². The van der Waals surface area contributed by atoms with E-state index in [1.165, 1.54) is 19.1 Å². The van der Waals surface area contributed by atoms with Crippen molar-refractivity contribution in [2.45, 2.75) is 44.9 Å². The molecule has 0 aromatic heterocycles. The highest BCUT2D eigenvalue weighted by molar-refractivity contribution is 5.83. The fourth-order valence-corrected chi connectivity index (χ4v) is 1.94. The number of ether oxygens (including phenoxy) is 3. The van der Waals surface area contributed by atoms with Gasteiger partial charge in [-0.15, -0.1) is 0 Å². The van der Waals surface area contributed by atoms with Gasteiger partial charge in [-0.05, 0) is 27.2 Å². The molecule has 6 nitrogen and oxygen atoms in total. The Morgan fingerprint density at radius 1 is 1.22 bits per heavy atom. The third-order valence-electron chi connectivity index (χ3n) is 2.72. The summed E-state index contributed by atoms with van der Waals surface area (Å²) in [6, 6.07) is -0.727. The maximum atomic E-state index is 12.0. The minimum Gasteiger partial charge on any atom is -0.467 e. The van der Waals surface area contributed by atoms with Crippen LogP contribution in [0.5, 0.6) is 0 Å². The quantitative estimate of drug-likeness (QED) is 0.697. The number of hydrogen-bond donors (Lipinski definition) is 0. The van der Waals surface area contributed by atoms with Crippen molar-refractivity contribution in [1.82, 2.24) is 4.90 Å². The van der Waals surface area contributed by atoms with Gasteiger partial charge in [0.05, 0.1) is 13.2 Å². The van der Waals surface area contributed by atoms with Crippen molar-refractivity contribution in [1.29, 1.82) is 0 Å². The number of amides is 1. The lowest BCUT2D eigenvalue weighted by molar-refractivity contribution is -0.149. The van der Waals surface area contributed by atoms with Gasteiger partial charge in [0.2, 0.25) is 0 Å². The zero-order valence-electron chi connectivity index (χ0n) is 11.6. The van der Waals surface area contributed by atoms with Gasteiger partial charge in [-0.1, -0.05) is 0 Å². The second-order valence-corrected chi connectivity index (χ2v) is 5.20. The molecule has 18 heavy (non-hydrogen) atoms. The van der Waals surface area contributed by atoms with Crippen molar-refractivity contribution in [3.05, 3.63) is 0 Å². The molecule has 1 amide bonds. The van der Waals surface area contributed by atoms with Gasteiger partial charge < -0.3 is 14.2 Å². The van der Waals surface area contributed by atoms with Gasteiger partial charge in [0.1, 0.15) is 5.60 Å². The van der Waals surface area contributed by atoms with Crippen molar-refractivity contribution in [3.8, 4) is 0 Å². The zero-order chi connectivity index (χ0) is 13.9. The first kappa shape index (κ1) is 14.8. The molecule has 104 valence electrons. The van der Waals surface area contributed by atoms with Crippen LogP contribution < -0.4 is 0 Å². The van der Waals surface area contributed by atoms with Crippen molar-refractivity contribution < 1.29 is 23.8 Å². The van der Waals surface area contributed by atoms with E-state index in [2.05, 4.69) is 0 Å². The van der Waals surface area contributed by atoms with Crippen LogP contribution >= 0.6 is 0 Å². The summed E-state index contributed by atoms with van der Waals surface area (Å²) in [6.45, 7) is 5.76. The number of methoxy groups -OCH3 is 2. The highest BCUT2D eigenvalue weighted by atomic mass is 16.6. The Balaban J connectivity index is 2.81. The Morgan fingerprint density at radius 2 is 1.83 bits per heavy atom. The van der Waals surface area contributed by atoms with Crippen molar-refractivity contribution in [2.24, 2.45) is 0 Å². The molecule has 0 spiro atoms. The summed E-state index contributed by atoms with van der Waals surface area (Å²) in [5.41, 5.74) is -0.594. The molecule has 2 atom stereocenters. The molecular weight excluding hydrogens is 238 g/mol. The van der Waals surface area contributed by atoms with E-state index in [9.17, 15) is 9.59 Å². The van der Waals surface area contributed by atoms with Crippen LogP contribution in [0.25, 0.3) is 0 Å². The van der Waals surface area contributed by atoms with Gasteiger partial charge in [0.25, 0.3) is 0 Å². The third-order valence-corrected chi connectivity index (χ3v) is 2.72. The summed E-state index contributed by atoms with van der Waals surface area (Å²) in [6.07, 6.45) is -0.266. The number of rotatable bonds is 2. The average molecular weight is 259 g/mol. The maximum Gasteiger partial charge on any atom is 0.411 e. The molecule has 6 heteroatoms. The van der Waals surface area contributed by atoms with Crippen molar-refractivity contribution in [3.63, 3.8) is 0 Å². The smallest absolute Gasteiger partial charge is 0.411 e. The molecule has 0 unspecified atom stereocenters. The minimum atomic E-state index is -0.727. The van der Waals surface area contributed by atoms with Crippen LogP contribution in [-0.4, -0.2) is 55.5 Å². The fraction of sp³-hybridized carbons (Fsp3) is 0.833. The molecule has 0 saturated carbocycles. The first-order valence-electron chi connectivity index (χ1n) is 5.90. The van der Waals surface area contributed by atoms with E-state index < -0.39 is 23.7 Å². The lowest BCUT2D eigenvalue weighted by Crippen LogP contribution is -2.47. The van der Waals surface area contributed by atoms with Crippen LogP contribution in [0.1, 0.15) is 27.2 Å². The van der Waals surface area contributed by atoms with Gasteiger partial charge in [-0.2, -0.15) is 0 Å². The molecule has 1 rings (SSSR count). The predicted octanol–water partition coefficient (Wildman–Crippen LogP) is 1.18. The Kier molecular flexibility index (Phi) is 4.56. The zero-order valence-corrected chi connectivity index (χ0v) is 11.6. The van der Waals surface area contributed by atoms with Gasteiger partial charge >= 0.3 is 12.1 Å². The van der Waals surface area contributed by atoms with Crippen LogP contribution in [-0.2, 0) is 19.0 Å². The number of likely N-dealkylation sites (tertiary alicyclic amines) is 1. The Morgan fingerprint density at radius 3 is 2.28 bits per heavy atom. The summed E-state index contributed by atoms with van der Waals surface area (Å²) in [5, 5.41) is 0. The molecule has 1 aliphatic heterocycles. The summed E-state index contributed by atoms with van der Waals surface area (Å²) in [4.78, 5) is 25.1. The first-order valence-corrected chi connectivity index (χ1v) is 5.90. The molecule has 0 bridgehead atoms. The summed E-state index contributed by atoms with van der Waals surface area (Å²) < 4.78 is 15.2. The first-order chi connectivity index (χ1) is 8.30. The number of carbonyl (C=O) groups is 2. The van der Waals surface area contributed by atoms with E-state index in [4.69, 9.17) is 14.2 Å². The minimum absolute atomic E-state index is 0.343. The van der Waals surface area contributed by atoms with Crippen molar-refractivity contribution in [2.75, 3.05) is 20.8 Å². The predicted molar refractivity (Wildman–Crippen MR) is 64.2 cm³/mol. The molecule has 0 radical (unpaired) electrons. The van der Waals surface area contributed by atoms with E-state index in [0.29, 0.717) is 13.0 Å². The van der Waals surface area contributed by atoms with Crippen LogP contribution in [0.15, 0.2) is 0 Å². The van der Waals surface area contributed by atoms with Gasteiger partial charge in [-0.3, -0.25) is 4.90 Å². The summed E-state index contributed by atoms with van der Waals surface area (Å²) in [5.74, 6) is -0.481. The number of carbonyl (C=O) groups excluding carboxylic acids is 2. The van der Waals surface area contributed by atoms with E-state index >= 15 is 0 Å². The monoisotopic (exact) mass is 259 g/mol. The molecule has 0 aromatic carbocycles. The molecule has 0 aromatic rings. The van der Waals surface area contributed by atoms with E-state index in [1.54, 1.807) is 20.8 Å². The van der Waals surface area contributed by atoms with E-state index in [0.717, 1.165) is 0 Å². The fourth-order valence-electron chi connectivity index (χ4n) is 1.94. The molecule has 0 aliphatic carbocycles. The Labute approximate surface area is 107 Å². The second kappa shape index (κ2) is 5.56. The topological polar surface area (TPSA) is 65.1 Å². The normalized spacial score (nSPS) is 23.9. The second-order valence-electron chi connectivity index (χ2n) is 5.20. The molecule has 0 N–H and O–H groups in total. The molecule has 1 aliphatic rings. The van der Waals surface area contributed by atoms with Crippen LogP contribution in [0.4, 0.5) is 4.79 Å². The highest BCUT2D eigenvalue weighted by Crippen LogP contribution is 2.24. The molecule has 1 saturated heterocycles. The Bertz CT molecular complexity index is 323. The van der Waals surface area contributed by atoms with Gasteiger partial charge in [0, 0.05) is 13.7 Å². The average Bonchev–Trinajstić information content (AvgIpc) is 2.69. The van der Waals surface area contributed by atoms with Crippen LogP contribution in [0, 0.1) is 0 Å². The Hall–Kier alpha value is -1.30. The van der Waals surface area contributed by atoms with Crippen LogP contribution in [0.3, 0.4) is 0 Å². The lowest BCUT2D eigenvalue weighted by Gasteiger charge is -2.28. The van der Waals surface area contributed by atoms with E-state index in [-0.39, 0.29) is 6.10 Å².